The van der Waals surface area contributed by atoms with Gasteiger partial charge in [0.15, 0.2) is 0 Å². The van der Waals surface area contributed by atoms with Crippen molar-refractivity contribution in [3.05, 3.63) is 50.7 Å². The van der Waals surface area contributed by atoms with Crippen molar-refractivity contribution in [3.63, 3.8) is 0 Å². The van der Waals surface area contributed by atoms with E-state index in [9.17, 15) is 8.42 Å². The highest BCUT2D eigenvalue weighted by molar-refractivity contribution is 7.89. The van der Waals surface area contributed by atoms with Crippen LogP contribution in [0.2, 0.25) is 5.02 Å². The fourth-order valence-corrected chi connectivity index (χ4v) is 5.16. The maximum atomic E-state index is 12.6. The molecule has 7 heteroatoms. The number of hydrogen-bond acceptors (Lipinski definition) is 4. The fraction of sp³-hybridized carbons (Fsp3) is 0.286. The number of aryl methyl sites for hydroxylation is 1. The molecular weight excluding hydrogens is 328 g/mol. The van der Waals surface area contributed by atoms with Crippen molar-refractivity contribution in [2.75, 3.05) is 0 Å². The number of sulfonamides is 1. The Balaban J connectivity index is 2.28. The summed E-state index contributed by atoms with van der Waals surface area (Å²) >= 11 is 7.21. The summed E-state index contributed by atoms with van der Waals surface area (Å²) < 4.78 is 27.8. The quantitative estimate of drug-likeness (QED) is 0.874. The van der Waals surface area contributed by atoms with Crippen LogP contribution < -0.4 is 10.5 Å². The first-order valence-corrected chi connectivity index (χ1v) is 9.14. The minimum absolute atomic E-state index is 0.212. The molecule has 1 aromatic heterocycles. The first kappa shape index (κ1) is 16.5. The summed E-state index contributed by atoms with van der Waals surface area (Å²) in [5, 5.41) is 2.43. The predicted octanol–water partition coefficient (Wildman–Crippen LogP) is 3.21. The van der Waals surface area contributed by atoms with E-state index in [1.807, 2.05) is 5.38 Å². The summed E-state index contributed by atoms with van der Waals surface area (Å²) in [7, 11) is -3.60. The first-order chi connectivity index (χ1) is 9.85. The van der Waals surface area contributed by atoms with Gasteiger partial charge in [0, 0.05) is 22.5 Å². The van der Waals surface area contributed by atoms with Gasteiger partial charge in [0.2, 0.25) is 10.0 Å². The van der Waals surface area contributed by atoms with Gasteiger partial charge in [-0.3, -0.25) is 0 Å². The van der Waals surface area contributed by atoms with Gasteiger partial charge in [0.25, 0.3) is 0 Å². The van der Waals surface area contributed by atoms with Crippen LogP contribution >= 0.6 is 22.9 Å². The lowest BCUT2D eigenvalue weighted by molar-refractivity contribution is 0.566. The van der Waals surface area contributed by atoms with Gasteiger partial charge in [-0.05, 0) is 42.5 Å². The van der Waals surface area contributed by atoms with Gasteiger partial charge < -0.3 is 5.73 Å². The molecule has 0 spiro atoms. The number of nitrogens with two attached hydrogens (primary N) is 1. The smallest absolute Gasteiger partial charge is 0.242 e. The summed E-state index contributed by atoms with van der Waals surface area (Å²) in [5.74, 6) is 0. The second-order valence-corrected chi connectivity index (χ2v) is 7.82. The Morgan fingerprint density at radius 1 is 1.33 bits per heavy atom. The molecule has 2 rings (SSSR count). The Labute approximate surface area is 134 Å². The zero-order chi connectivity index (χ0) is 15.6. The Bertz CT molecular complexity index is 724. The van der Waals surface area contributed by atoms with Crippen molar-refractivity contribution < 1.29 is 8.42 Å². The molecule has 0 fully saturated rings. The Morgan fingerprint density at radius 3 is 2.52 bits per heavy atom. The molecule has 1 aromatic carbocycles. The van der Waals surface area contributed by atoms with Crippen LogP contribution in [0.25, 0.3) is 0 Å². The molecule has 0 bridgehead atoms. The molecule has 0 aliphatic heterocycles. The number of hydrogen-bond donors (Lipinski definition) is 2. The predicted molar refractivity (Wildman–Crippen MR) is 87.1 cm³/mol. The topological polar surface area (TPSA) is 72.2 Å². The van der Waals surface area contributed by atoms with Gasteiger partial charge in [-0.2, -0.15) is 0 Å². The van der Waals surface area contributed by atoms with E-state index in [4.69, 9.17) is 17.3 Å². The molecule has 0 aliphatic rings. The highest BCUT2D eigenvalue weighted by Gasteiger charge is 2.24. The second-order valence-electron chi connectivity index (χ2n) is 4.77. The summed E-state index contributed by atoms with van der Waals surface area (Å²) in [5.41, 5.74) is 7.19. The molecule has 1 atom stereocenters. The fourth-order valence-electron chi connectivity index (χ4n) is 2.10. The number of halogens is 1. The van der Waals surface area contributed by atoms with Crippen molar-refractivity contribution in [1.82, 2.24) is 4.72 Å². The van der Waals surface area contributed by atoms with Crippen LogP contribution in [-0.2, 0) is 16.6 Å². The minimum atomic E-state index is -3.60. The van der Waals surface area contributed by atoms with Gasteiger partial charge in [0.05, 0.1) is 0 Å². The van der Waals surface area contributed by atoms with E-state index >= 15 is 0 Å². The molecular formula is C14H17ClN2O2S2. The summed E-state index contributed by atoms with van der Waals surface area (Å²) in [6, 6.07) is 6.74. The van der Waals surface area contributed by atoms with E-state index in [-0.39, 0.29) is 12.6 Å². The zero-order valence-corrected chi connectivity index (χ0v) is 14.1. The van der Waals surface area contributed by atoms with Crippen LogP contribution in [0, 0.1) is 6.92 Å². The van der Waals surface area contributed by atoms with Crippen molar-refractivity contribution in [3.8, 4) is 0 Å². The lowest BCUT2D eigenvalue weighted by atomic mass is 10.1. The minimum Gasteiger partial charge on any atom is -0.326 e. The van der Waals surface area contributed by atoms with E-state index in [2.05, 4.69) is 4.72 Å². The normalized spacial score (nSPS) is 13.3. The van der Waals surface area contributed by atoms with Gasteiger partial charge in [-0.15, -0.1) is 11.3 Å². The average molecular weight is 345 g/mol. The summed E-state index contributed by atoms with van der Waals surface area (Å²) in [6.45, 7) is 3.78. The van der Waals surface area contributed by atoms with Gasteiger partial charge in [0.1, 0.15) is 4.90 Å². The largest absolute Gasteiger partial charge is 0.326 e. The molecule has 4 nitrogen and oxygen atoms in total. The van der Waals surface area contributed by atoms with Crippen LogP contribution in [0.15, 0.2) is 34.5 Å². The molecule has 2 aromatic rings. The third-order valence-electron chi connectivity index (χ3n) is 3.15. The van der Waals surface area contributed by atoms with Gasteiger partial charge in [-0.1, -0.05) is 23.7 Å². The van der Waals surface area contributed by atoms with E-state index in [1.54, 1.807) is 38.1 Å². The van der Waals surface area contributed by atoms with E-state index in [0.29, 0.717) is 14.8 Å². The van der Waals surface area contributed by atoms with Crippen molar-refractivity contribution in [2.45, 2.75) is 31.3 Å². The van der Waals surface area contributed by atoms with Gasteiger partial charge in [-0.25, -0.2) is 13.1 Å². The second kappa shape index (κ2) is 6.46. The molecule has 0 radical (unpaired) electrons. The molecule has 3 N–H and O–H groups in total. The average Bonchev–Trinajstić information content (AvgIpc) is 2.80. The maximum Gasteiger partial charge on any atom is 0.242 e. The lowest BCUT2D eigenvalue weighted by Gasteiger charge is -2.15. The highest BCUT2D eigenvalue weighted by Crippen LogP contribution is 2.28. The van der Waals surface area contributed by atoms with E-state index < -0.39 is 10.0 Å². The van der Waals surface area contributed by atoms with Crippen molar-refractivity contribution >= 4 is 33.0 Å². The molecule has 1 unspecified atom stereocenters. The number of benzene rings is 1. The van der Waals surface area contributed by atoms with Gasteiger partial charge >= 0.3 is 0 Å². The lowest BCUT2D eigenvalue weighted by Crippen LogP contribution is -2.28. The summed E-state index contributed by atoms with van der Waals surface area (Å²) in [4.78, 5) is 0.971. The standard InChI is InChI=1S/C14H17ClN2O2S2/c1-9-8-20-13(7-16)14(9)21(18,19)17-10(2)11-3-5-12(15)6-4-11/h3-6,8,10,17H,7,16H2,1-2H3. The third kappa shape index (κ3) is 3.64. The third-order valence-corrected chi connectivity index (χ3v) is 6.42. The highest BCUT2D eigenvalue weighted by atomic mass is 35.5. The molecule has 1 heterocycles. The molecule has 0 saturated heterocycles. The SMILES string of the molecule is Cc1csc(CN)c1S(=O)(=O)NC(C)c1ccc(Cl)cc1. The molecule has 114 valence electrons. The van der Waals surface area contributed by atoms with Crippen LogP contribution in [0.1, 0.15) is 29.0 Å². The first-order valence-electron chi connectivity index (χ1n) is 6.40. The van der Waals surface area contributed by atoms with Crippen LogP contribution in [0.3, 0.4) is 0 Å². The molecule has 0 amide bonds. The van der Waals surface area contributed by atoms with Crippen LogP contribution in [-0.4, -0.2) is 8.42 Å². The summed E-state index contributed by atoms with van der Waals surface area (Å²) in [6.07, 6.45) is 0. The zero-order valence-electron chi connectivity index (χ0n) is 11.8. The molecule has 21 heavy (non-hydrogen) atoms. The Hall–Kier alpha value is -0.920. The Morgan fingerprint density at radius 2 is 1.95 bits per heavy atom. The van der Waals surface area contributed by atoms with E-state index in [1.165, 1.54) is 11.3 Å². The van der Waals surface area contributed by atoms with E-state index in [0.717, 1.165) is 11.1 Å². The van der Waals surface area contributed by atoms with Crippen LogP contribution in [0.4, 0.5) is 0 Å². The number of nitrogens with one attached hydrogen (secondary N) is 1. The van der Waals surface area contributed by atoms with Crippen molar-refractivity contribution in [2.24, 2.45) is 5.73 Å². The monoisotopic (exact) mass is 344 g/mol. The Kier molecular flexibility index (Phi) is 5.06. The van der Waals surface area contributed by atoms with Crippen LogP contribution in [0.5, 0.6) is 0 Å². The molecule has 0 saturated carbocycles. The maximum absolute atomic E-state index is 12.6. The van der Waals surface area contributed by atoms with Crippen molar-refractivity contribution in [1.29, 1.82) is 0 Å². The number of rotatable bonds is 5. The molecule has 0 aliphatic carbocycles. The number of thiophene rings is 1.